The molecule has 7 nitrogen and oxygen atoms in total. The Hall–Kier alpha value is -2.25. The van der Waals surface area contributed by atoms with Crippen molar-refractivity contribution in [1.29, 1.82) is 0 Å². The zero-order valence-corrected chi connectivity index (χ0v) is 14.1. The van der Waals surface area contributed by atoms with Crippen molar-refractivity contribution in [2.75, 3.05) is 39.3 Å². The molecular formula is C17H23N5O2. The molecule has 3 rings (SSSR count). The van der Waals surface area contributed by atoms with Crippen LogP contribution in [0.25, 0.3) is 5.69 Å². The molecule has 0 radical (unpaired) electrons. The Labute approximate surface area is 141 Å². The maximum Gasteiger partial charge on any atom is 0.253 e. The lowest BCUT2D eigenvalue weighted by atomic mass is 10.1. The minimum atomic E-state index is 0.0525. The molecule has 1 saturated heterocycles. The minimum Gasteiger partial charge on any atom is -0.395 e. The molecule has 1 aromatic heterocycles. The highest BCUT2D eigenvalue weighted by Crippen LogP contribution is 2.14. The molecule has 2 heterocycles. The SMILES string of the molecule is Cc1nc(C)n(-c2ccc(C(=O)N3CCN(CCO)CC3)cc2)n1. The van der Waals surface area contributed by atoms with Crippen LogP contribution in [0.5, 0.6) is 0 Å². The van der Waals surface area contributed by atoms with Gasteiger partial charge in [-0.1, -0.05) is 0 Å². The summed E-state index contributed by atoms with van der Waals surface area (Å²) in [6.45, 7) is 7.61. The first kappa shape index (κ1) is 16.6. The van der Waals surface area contributed by atoms with Crippen LogP contribution in [0.3, 0.4) is 0 Å². The van der Waals surface area contributed by atoms with Crippen molar-refractivity contribution in [3.63, 3.8) is 0 Å². The topological polar surface area (TPSA) is 74.5 Å². The molecule has 0 aliphatic carbocycles. The van der Waals surface area contributed by atoms with Crippen LogP contribution >= 0.6 is 0 Å². The van der Waals surface area contributed by atoms with Gasteiger partial charge in [0.2, 0.25) is 0 Å². The van der Waals surface area contributed by atoms with Gasteiger partial charge < -0.3 is 10.0 Å². The fourth-order valence-corrected chi connectivity index (χ4v) is 3.01. The van der Waals surface area contributed by atoms with Gasteiger partial charge in [-0.05, 0) is 38.1 Å². The van der Waals surface area contributed by atoms with Crippen molar-refractivity contribution < 1.29 is 9.90 Å². The number of aryl methyl sites for hydroxylation is 2. The molecule has 7 heteroatoms. The second kappa shape index (κ2) is 7.11. The predicted molar refractivity (Wildman–Crippen MR) is 90.3 cm³/mol. The average Bonchev–Trinajstić information content (AvgIpc) is 2.94. The molecule has 1 N–H and O–H groups in total. The molecule has 0 atom stereocenters. The third-order valence-electron chi connectivity index (χ3n) is 4.31. The van der Waals surface area contributed by atoms with Gasteiger partial charge in [-0.2, -0.15) is 5.10 Å². The molecule has 24 heavy (non-hydrogen) atoms. The second-order valence-corrected chi connectivity index (χ2v) is 6.02. The number of hydrogen-bond donors (Lipinski definition) is 1. The van der Waals surface area contributed by atoms with Crippen LogP contribution in [0.1, 0.15) is 22.0 Å². The summed E-state index contributed by atoms with van der Waals surface area (Å²) in [7, 11) is 0. The lowest BCUT2D eigenvalue weighted by molar-refractivity contribution is 0.0615. The number of rotatable bonds is 4. The molecule has 1 aromatic carbocycles. The number of carbonyl (C=O) groups is 1. The van der Waals surface area contributed by atoms with E-state index in [2.05, 4.69) is 15.0 Å². The van der Waals surface area contributed by atoms with Gasteiger partial charge in [0.05, 0.1) is 12.3 Å². The molecule has 2 aromatic rings. The van der Waals surface area contributed by atoms with Crippen molar-refractivity contribution in [3.05, 3.63) is 41.5 Å². The number of β-amino-alcohol motifs (C(OH)–C–C–N with tert-alkyl or cyclic N) is 1. The van der Waals surface area contributed by atoms with Crippen LogP contribution in [-0.2, 0) is 0 Å². The maximum atomic E-state index is 12.6. The lowest BCUT2D eigenvalue weighted by Crippen LogP contribution is -2.49. The van der Waals surface area contributed by atoms with Gasteiger partial charge in [0, 0.05) is 38.3 Å². The molecule has 1 amide bonds. The van der Waals surface area contributed by atoms with Gasteiger partial charge in [0.1, 0.15) is 11.6 Å². The summed E-state index contributed by atoms with van der Waals surface area (Å²) in [4.78, 5) is 20.9. The molecule has 0 bridgehead atoms. The van der Waals surface area contributed by atoms with E-state index in [0.717, 1.165) is 30.4 Å². The molecule has 0 saturated carbocycles. The predicted octanol–water partition coefficient (Wildman–Crippen LogP) is 0.634. The average molecular weight is 329 g/mol. The number of aliphatic hydroxyl groups is 1. The molecule has 1 aliphatic rings. The van der Waals surface area contributed by atoms with Crippen molar-refractivity contribution in [2.24, 2.45) is 0 Å². The summed E-state index contributed by atoms with van der Waals surface area (Å²) in [6, 6.07) is 7.48. The van der Waals surface area contributed by atoms with E-state index in [-0.39, 0.29) is 12.5 Å². The Morgan fingerprint density at radius 1 is 1.12 bits per heavy atom. The fraction of sp³-hybridized carbons (Fsp3) is 0.471. The highest BCUT2D eigenvalue weighted by molar-refractivity contribution is 5.94. The van der Waals surface area contributed by atoms with Crippen LogP contribution in [0.4, 0.5) is 0 Å². The molecule has 1 aliphatic heterocycles. The summed E-state index contributed by atoms with van der Waals surface area (Å²) in [6.07, 6.45) is 0. The Balaban J connectivity index is 1.67. The second-order valence-electron chi connectivity index (χ2n) is 6.02. The first-order valence-corrected chi connectivity index (χ1v) is 8.21. The van der Waals surface area contributed by atoms with E-state index in [1.807, 2.05) is 43.0 Å². The fourth-order valence-electron chi connectivity index (χ4n) is 3.01. The monoisotopic (exact) mass is 329 g/mol. The van der Waals surface area contributed by atoms with Gasteiger partial charge in [0.25, 0.3) is 5.91 Å². The Kier molecular flexibility index (Phi) is 4.92. The Morgan fingerprint density at radius 3 is 2.33 bits per heavy atom. The highest BCUT2D eigenvalue weighted by atomic mass is 16.3. The Morgan fingerprint density at radius 2 is 1.79 bits per heavy atom. The van der Waals surface area contributed by atoms with E-state index >= 15 is 0 Å². The highest BCUT2D eigenvalue weighted by Gasteiger charge is 2.21. The van der Waals surface area contributed by atoms with Crippen molar-refractivity contribution in [2.45, 2.75) is 13.8 Å². The molecule has 0 unspecified atom stereocenters. The van der Waals surface area contributed by atoms with Gasteiger partial charge in [-0.3, -0.25) is 9.69 Å². The first-order chi connectivity index (χ1) is 11.6. The third-order valence-corrected chi connectivity index (χ3v) is 4.31. The van der Waals surface area contributed by atoms with E-state index < -0.39 is 0 Å². The van der Waals surface area contributed by atoms with Crippen LogP contribution in [0.2, 0.25) is 0 Å². The van der Waals surface area contributed by atoms with Gasteiger partial charge in [-0.25, -0.2) is 9.67 Å². The van der Waals surface area contributed by atoms with Crippen molar-refractivity contribution >= 4 is 5.91 Å². The number of piperazine rings is 1. The van der Waals surface area contributed by atoms with E-state index in [9.17, 15) is 4.79 Å². The van der Waals surface area contributed by atoms with Crippen LogP contribution in [-0.4, -0.2) is 74.9 Å². The normalized spacial score (nSPS) is 15.7. The summed E-state index contributed by atoms with van der Waals surface area (Å²) in [5, 5.41) is 13.3. The third kappa shape index (κ3) is 3.47. The quantitative estimate of drug-likeness (QED) is 0.891. The molecule has 128 valence electrons. The van der Waals surface area contributed by atoms with Crippen LogP contribution in [0.15, 0.2) is 24.3 Å². The molecule has 1 fully saturated rings. The number of benzene rings is 1. The number of amides is 1. The van der Waals surface area contributed by atoms with E-state index in [0.29, 0.717) is 25.2 Å². The van der Waals surface area contributed by atoms with E-state index in [1.54, 1.807) is 4.68 Å². The number of carbonyl (C=O) groups excluding carboxylic acids is 1. The molecular weight excluding hydrogens is 306 g/mol. The summed E-state index contributed by atoms with van der Waals surface area (Å²) < 4.78 is 1.78. The molecule has 0 spiro atoms. The number of aromatic nitrogens is 3. The van der Waals surface area contributed by atoms with Crippen molar-refractivity contribution in [3.8, 4) is 5.69 Å². The standard InChI is InChI=1S/C17H23N5O2/c1-13-18-14(2)22(19-13)16-5-3-15(4-6-16)17(24)21-9-7-20(8-10-21)11-12-23/h3-6,23H,7-12H2,1-2H3. The first-order valence-electron chi connectivity index (χ1n) is 8.21. The van der Waals surface area contributed by atoms with Crippen LogP contribution in [0, 0.1) is 13.8 Å². The Bertz CT molecular complexity index is 702. The van der Waals surface area contributed by atoms with Crippen molar-refractivity contribution in [1.82, 2.24) is 24.6 Å². The maximum absolute atomic E-state index is 12.6. The summed E-state index contributed by atoms with van der Waals surface area (Å²) in [5.74, 6) is 1.61. The lowest BCUT2D eigenvalue weighted by Gasteiger charge is -2.34. The smallest absolute Gasteiger partial charge is 0.253 e. The zero-order chi connectivity index (χ0) is 17.1. The minimum absolute atomic E-state index is 0.0525. The number of nitrogens with zero attached hydrogens (tertiary/aromatic N) is 5. The number of hydrogen-bond acceptors (Lipinski definition) is 5. The summed E-state index contributed by atoms with van der Waals surface area (Å²) in [5.41, 5.74) is 1.58. The van der Waals surface area contributed by atoms with Crippen LogP contribution < -0.4 is 0 Å². The zero-order valence-electron chi connectivity index (χ0n) is 14.1. The van der Waals surface area contributed by atoms with E-state index in [1.165, 1.54) is 0 Å². The van der Waals surface area contributed by atoms with E-state index in [4.69, 9.17) is 5.11 Å². The van der Waals surface area contributed by atoms with Gasteiger partial charge >= 0.3 is 0 Å². The van der Waals surface area contributed by atoms with Gasteiger partial charge in [-0.15, -0.1) is 0 Å². The van der Waals surface area contributed by atoms with Gasteiger partial charge in [0.15, 0.2) is 0 Å². The largest absolute Gasteiger partial charge is 0.395 e. The summed E-state index contributed by atoms with van der Waals surface area (Å²) >= 11 is 0. The number of aliphatic hydroxyl groups excluding tert-OH is 1.